The van der Waals surface area contributed by atoms with Gasteiger partial charge in [0.15, 0.2) is 0 Å². The molecule has 0 heterocycles. The molecule has 0 aliphatic rings. The summed E-state index contributed by atoms with van der Waals surface area (Å²) in [7, 11) is 0. The number of halogens is 4. The van der Waals surface area contributed by atoms with Gasteiger partial charge in [0.2, 0.25) is 0 Å². The minimum absolute atomic E-state index is 0.0965. The summed E-state index contributed by atoms with van der Waals surface area (Å²) in [6.07, 6.45) is 0. The maximum Gasteiger partial charge on any atom is 0.139 e. The lowest BCUT2D eigenvalue weighted by Crippen LogP contribution is -2.01. The number of benzene rings is 3. The highest BCUT2D eigenvalue weighted by atomic mass is 79.9. The van der Waals surface area contributed by atoms with E-state index in [9.17, 15) is 10.2 Å². The van der Waals surface area contributed by atoms with E-state index < -0.39 is 0 Å². The highest BCUT2D eigenvalue weighted by Crippen LogP contribution is 2.56. The first-order chi connectivity index (χ1) is 14.7. The van der Waals surface area contributed by atoms with Crippen molar-refractivity contribution in [2.45, 2.75) is 55.4 Å². The molecule has 170 valence electrons. The first-order valence-corrected chi connectivity index (χ1v) is 13.4. The standard InChI is InChI=1S/C26H26Br4O2/c1-9-11(3)17(15(7)21(27)13(9)5)19-23(29)26(32)20(24(30)25(19)31)18-12(4)10(2)14(6)22(28)16(18)8/h31-32H,1-8H3. The number of hydrogen-bond donors (Lipinski definition) is 2. The molecular formula is C26H26Br4O2. The van der Waals surface area contributed by atoms with E-state index in [-0.39, 0.29) is 11.5 Å². The summed E-state index contributed by atoms with van der Waals surface area (Å²) in [6, 6.07) is 0. The molecule has 0 aliphatic carbocycles. The fraction of sp³-hybridized carbons (Fsp3) is 0.308. The average molecular weight is 690 g/mol. The van der Waals surface area contributed by atoms with Crippen LogP contribution in [0.4, 0.5) is 0 Å². The lowest BCUT2D eigenvalue weighted by molar-refractivity contribution is 0.458. The van der Waals surface area contributed by atoms with Crippen molar-refractivity contribution in [3.63, 3.8) is 0 Å². The highest BCUT2D eigenvalue weighted by molar-refractivity contribution is 9.11. The zero-order chi connectivity index (χ0) is 24.4. The SMILES string of the molecule is Cc1c(C)c(Br)c(C)c(-c2c(O)c(Br)c(-c3c(C)c(C)c(C)c(Br)c3C)c(O)c2Br)c1C. The van der Waals surface area contributed by atoms with E-state index in [1.54, 1.807) is 0 Å². The van der Waals surface area contributed by atoms with Crippen molar-refractivity contribution in [1.82, 2.24) is 0 Å². The van der Waals surface area contributed by atoms with E-state index in [1.807, 2.05) is 13.8 Å². The van der Waals surface area contributed by atoms with Crippen LogP contribution in [-0.2, 0) is 0 Å². The van der Waals surface area contributed by atoms with Gasteiger partial charge in [0.25, 0.3) is 0 Å². The molecule has 0 spiro atoms. The van der Waals surface area contributed by atoms with Crippen LogP contribution in [0.2, 0.25) is 0 Å². The Hall–Kier alpha value is -0.820. The van der Waals surface area contributed by atoms with E-state index in [0.29, 0.717) is 20.1 Å². The minimum atomic E-state index is 0.0965. The van der Waals surface area contributed by atoms with Crippen molar-refractivity contribution in [2.75, 3.05) is 0 Å². The fourth-order valence-corrected chi connectivity index (χ4v) is 6.64. The number of phenols is 2. The molecule has 6 heteroatoms. The van der Waals surface area contributed by atoms with Crippen molar-refractivity contribution in [1.29, 1.82) is 0 Å². The maximum absolute atomic E-state index is 11.5. The lowest BCUT2D eigenvalue weighted by atomic mass is 9.86. The molecule has 0 radical (unpaired) electrons. The Morgan fingerprint density at radius 3 is 0.906 bits per heavy atom. The smallest absolute Gasteiger partial charge is 0.139 e. The zero-order valence-electron chi connectivity index (χ0n) is 19.4. The molecule has 0 fully saturated rings. The Morgan fingerprint density at radius 1 is 0.344 bits per heavy atom. The Morgan fingerprint density at radius 2 is 0.625 bits per heavy atom. The van der Waals surface area contributed by atoms with Gasteiger partial charge in [-0.3, -0.25) is 0 Å². The van der Waals surface area contributed by atoms with Crippen molar-refractivity contribution >= 4 is 63.7 Å². The fourth-order valence-electron chi connectivity index (χ4n) is 4.48. The van der Waals surface area contributed by atoms with Gasteiger partial charge in [-0.1, -0.05) is 31.9 Å². The third-order valence-corrected chi connectivity index (χ3v) is 10.8. The lowest BCUT2D eigenvalue weighted by Gasteiger charge is -2.24. The van der Waals surface area contributed by atoms with Gasteiger partial charge in [-0.15, -0.1) is 0 Å². The molecular weight excluding hydrogens is 664 g/mol. The Bertz CT molecular complexity index is 1120. The molecule has 3 aromatic carbocycles. The molecule has 0 aromatic heterocycles. The predicted octanol–water partition coefficient (Wildman–Crippen LogP) is 9.95. The summed E-state index contributed by atoms with van der Waals surface area (Å²) in [5, 5.41) is 22.9. The summed E-state index contributed by atoms with van der Waals surface area (Å²) in [5.41, 5.74) is 11.8. The quantitative estimate of drug-likeness (QED) is 0.263. The molecule has 0 saturated heterocycles. The molecule has 0 bridgehead atoms. The number of rotatable bonds is 2. The maximum atomic E-state index is 11.5. The van der Waals surface area contributed by atoms with Gasteiger partial charge in [0.1, 0.15) is 11.5 Å². The molecule has 2 N–H and O–H groups in total. The largest absolute Gasteiger partial charge is 0.506 e. The van der Waals surface area contributed by atoms with Gasteiger partial charge in [-0.2, -0.15) is 0 Å². The first-order valence-electron chi connectivity index (χ1n) is 10.2. The van der Waals surface area contributed by atoms with E-state index >= 15 is 0 Å². The van der Waals surface area contributed by atoms with Crippen molar-refractivity contribution in [3.8, 4) is 33.8 Å². The number of hydrogen-bond acceptors (Lipinski definition) is 2. The second-order valence-electron chi connectivity index (χ2n) is 8.45. The van der Waals surface area contributed by atoms with E-state index in [4.69, 9.17) is 0 Å². The highest BCUT2D eigenvalue weighted by Gasteiger charge is 2.29. The second-order valence-corrected chi connectivity index (χ2v) is 11.6. The Kier molecular flexibility index (Phi) is 7.32. The van der Waals surface area contributed by atoms with Crippen LogP contribution in [0.15, 0.2) is 17.9 Å². The van der Waals surface area contributed by atoms with Crippen LogP contribution in [0.5, 0.6) is 11.5 Å². The van der Waals surface area contributed by atoms with Crippen LogP contribution < -0.4 is 0 Å². The Labute approximate surface area is 224 Å². The molecule has 0 saturated carbocycles. The first kappa shape index (κ1) is 25.8. The van der Waals surface area contributed by atoms with Crippen molar-refractivity contribution < 1.29 is 10.2 Å². The molecule has 0 aliphatic heterocycles. The molecule has 0 unspecified atom stereocenters. The van der Waals surface area contributed by atoms with Gasteiger partial charge < -0.3 is 10.2 Å². The summed E-state index contributed by atoms with van der Waals surface area (Å²) in [5.74, 6) is 0.193. The summed E-state index contributed by atoms with van der Waals surface area (Å²) >= 11 is 14.7. The normalized spacial score (nSPS) is 11.4. The average Bonchev–Trinajstić information content (AvgIpc) is 2.76. The zero-order valence-corrected chi connectivity index (χ0v) is 25.8. The minimum Gasteiger partial charge on any atom is -0.506 e. The third kappa shape index (κ3) is 3.70. The molecule has 32 heavy (non-hydrogen) atoms. The molecule has 3 aromatic rings. The second kappa shape index (κ2) is 9.09. The van der Waals surface area contributed by atoms with Crippen LogP contribution in [0.1, 0.15) is 44.5 Å². The van der Waals surface area contributed by atoms with Gasteiger partial charge in [0, 0.05) is 20.1 Å². The van der Waals surface area contributed by atoms with Crippen LogP contribution in [0, 0.1) is 55.4 Å². The van der Waals surface area contributed by atoms with Gasteiger partial charge in [-0.05, 0) is 143 Å². The van der Waals surface area contributed by atoms with E-state index in [1.165, 1.54) is 11.1 Å². The van der Waals surface area contributed by atoms with Crippen molar-refractivity contribution in [3.05, 3.63) is 62.4 Å². The summed E-state index contributed by atoms with van der Waals surface area (Å²) < 4.78 is 2.96. The number of aromatic hydroxyl groups is 2. The van der Waals surface area contributed by atoms with Crippen LogP contribution in [0.3, 0.4) is 0 Å². The third-order valence-electron chi connectivity index (χ3n) is 6.90. The van der Waals surface area contributed by atoms with Crippen LogP contribution >= 0.6 is 63.7 Å². The van der Waals surface area contributed by atoms with Gasteiger partial charge in [-0.25, -0.2) is 0 Å². The Balaban J connectivity index is 2.50. The van der Waals surface area contributed by atoms with E-state index in [0.717, 1.165) is 53.5 Å². The van der Waals surface area contributed by atoms with Crippen LogP contribution in [0.25, 0.3) is 22.3 Å². The van der Waals surface area contributed by atoms with E-state index in [2.05, 4.69) is 105 Å². The van der Waals surface area contributed by atoms with Crippen LogP contribution in [-0.4, -0.2) is 10.2 Å². The summed E-state index contributed by atoms with van der Waals surface area (Å²) in [4.78, 5) is 0. The summed E-state index contributed by atoms with van der Waals surface area (Å²) in [6.45, 7) is 16.5. The molecule has 0 amide bonds. The molecule has 3 rings (SSSR count). The topological polar surface area (TPSA) is 40.5 Å². The van der Waals surface area contributed by atoms with Gasteiger partial charge in [0.05, 0.1) is 8.95 Å². The predicted molar refractivity (Wildman–Crippen MR) is 149 cm³/mol. The van der Waals surface area contributed by atoms with Gasteiger partial charge >= 0.3 is 0 Å². The molecule has 2 nitrogen and oxygen atoms in total. The molecule has 0 atom stereocenters. The van der Waals surface area contributed by atoms with Crippen molar-refractivity contribution in [2.24, 2.45) is 0 Å². The monoisotopic (exact) mass is 686 g/mol. The number of phenolic OH excluding ortho intramolecular Hbond substituents is 2.